The highest BCUT2D eigenvalue weighted by Gasteiger charge is 2.32. The van der Waals surface area contributed by atoms with Crippen LogP contribution >= 0.6 is 0 Å². The molecule has 0 spiro atoms. The van der Waals surface area contributed by atoms with E-state index in [4.69, 9.17) is 0 Å². The Kier molecular flexibility index (Phi) is 4.18. The molecular weight excluding hydrogens is 390 g/mol. The van der Waals surface area contributed by atoms with Gasteiger partial charge in [0.2, 0.25) is 5.95 Å². The van der Waals surface area contributed by atoms with Crippen molar-refractivity contribution >= 4 is 39.7 Å². The first-order valence-electron chi connectivity index (χ1n) is 10.5. The second kappa shape index (κ2) is 6.70. The van der Waals surface area contributed by atoms with E-state index < -0.39 is 0 Å². The van der Waals surface area contributed by atoms with Crippen LogP contribution < -0.4 is 10.6 Å². The summed E-state index contributed by atoms with van der Waals surface area (Å²) >= 11 is 0. The van der Waals surface area contributed by atoms with E-state index in [9.17, 15) is 9.59 Å². The molecule has 2 aromatic heterocycles. The Bertz CT molecular complexity index is 1360. The molecule has 0 fully saturated rings. The van der Waals surface area contributed by atoms with Gasteiger partial charge in [0, 0.05) is 29.1 Å². The maximum atomic E-state index is 13.2. The topological polar surface area (TPSA) is 81.0 Å². The van der Waals surface area contributed by atoms with Gasteiger partial charge in [-0.1, -0.05) is 18.2 Å². The number of para-hydroxylation sites is 2. The van der Waals surface area contributed by atoms with E-state index >= 15 is 0 Å². The number of benzene rings is 2. The Morgan fingerprint density at radius 1 is 1.13 bits per heavy atom. The lowest BCUT2D eigenvalue weighted by Crippen LogP contribution is -2.47. The largest absolute Gasteiger partial charge is 0.348 e. The maximum Gasteiger partial charge on any atom is 0.268 e. The van der Waals surface area contributed by atoms with E-state index in [-0.39, 0.29) is 23.4 Å². The van der Waals surface area contributed by atoms with Crippen LogP contribution in [0.5, 0.6) is 0 Å². The average molecular weight is 415 g/mol. The first-order chi connectivity index (χ1) is 14.8. The summed E-state index contributed by atoms with van der Waals surface area (Å²) in [5, 5.41) is 6.86. The lowest BCUT2D eigenvalue weighted by Gasteiger charge is -2.34. The highest BCUT2D eigenvalue weighted by Crippen LogP contribution is 2.31. The number of rotatable bonds is 3. The minimum atomic E-state index is -0.286. The molecule has 3 heterocycles. The standard InChI is InChI=1S/C24H25N5O2/c1-14(2)28-18-8-6-5-7-17(18)26-23(28)27-21(30)16-10-9-15-11-20-22(31)25-13-24(3,4)29(20)19(15)12-16/h5-12,14H,13H2,1-4H3,(H,25,31)(H,26,27,30). The van der Waals surface area contributed by atoms with Gasteiger partial charge < -0.3 is 14.5 Å². The summed E-state index contributed by atoms with van der Waals surface area (Å²) in [5.74, 6) is 0.207. The van der Waals surface area contributed by atoms with Crippen molar-refractivity contribution in [2.75, 3.05) is 11.9 Å². The lowest BCUT2D eigenvalue weighted by atomic mass is 10.0. The van der Waals surface area contributed by atoms with Crippen molar-refractivity contribution in [2.24, 2.45) is 0 Å². The van der Waals surface area contributed by atoms with Crippen molar-refractivity contribution in [2.45, 2.75) is 39.3 Å². The van der Waals surface area contributed by atoms with Gasteiger partial charge in [-0.3, -0.25) is 14.9 Å². The predicted octanol–water partition coefficient (Wildman–Crippen LogP) is 4.30. The van der Waals surface area contributed by atoms with Crippen LogP contribution in [-0.4, -0.2) is 32.5 Å². The van der Waals surface area contributed by atoms with Crippen molar-refractivity contribution in [3.05, 3.63) is 59.8 Å². The number of aromatic nitrogens is 3. The molecular formula is C24H25N5O2. The fourth-order valence-electron chi connectivity index (χ4n) is 4.46. The zero-order chi connectivity index (χ0) is 21.9. The molecule has 0 aliphatic carbocycles. The quantitative estimate of drug-likeness (QED) is 0.523. The minimum Gasteiger partial charge on any atom is -0.348 e. The number of amides is 2. The Hall–Kier alpha value is -3.61. The fraction of sp³-hybridized carbons (Fsp3) is 0.292. The highest BCUT2D eigenvalue weighted by atomic mass is 16.2. The smallest absolute Gasteiger partial charge is 0.268 e. The summed E-state index contributed by atoms with van der Waals surface area (Å²) in [6.07, 6.45) is 0. The predicted molar refractivity (Wildman–Crippen MR) is 122 cm³/mol. The Balaban J connectivity index is 1.57. The molecule has 158 valence electrons. The summed E-state index contributed by atoms with van der Waals surface area (Å²) in [4.78, 5) is 30.2. The number of hydrogen-bond acceptors (Lipinski definition) is 3. The van der Waals surface area contributed by atoms with Gasteiger partial charge in [-0.15, -0.1) is 0 Å². The Labute approximate surface area is 180 Å². The van der Waals surface area contributed by atoms with Gasteiger partial charge in [-0.05, 0) is 58.0 Å². The zero-order valence-electron chi connectivity index (χ0n) is 18.1. The molecule has 4 aromatic rings. The van der Waals surface area contributed by atoms with Crippen LogP contribution in [-0.2, 0) is 5.54 Å². The first kappa shape index (κ1) is 19.4. The van der Waals surface area contributed by atoms with Gasteiger partial charge in [0.1, 0.15) is 5.69 Å². The maximum absolute atomic E-state index is 13.2. The van der Waals surface area contributed by atoms with Crippen molar-refractivity contribution in [3.8, 4) is 0 Å². The molecule has 0 unspecified atom stereocenters. The number of fused-ring (bicyclic) bond motifs is 4. The summed E-state index contributed by atoms with van der Waals surface area (Å²) < 4.78 is 4.06. The van der Waals surface area contributed by atoms with E-state index in [1.807, 2.05) is 51.6 Å². The first-order valence-corrected chi connectivity index (χ1v) is 10.5. The van der Waals surface area contributed by atoms with Crippen molar-refractivity contribution in [3.63, 3.8) is 0 Å². The number of carbonyl (C=O) groups is 2. The zero-order valence-corrected chi connectivity index (χ0v) is 18.1. The van der Waals surface area contributed by atoms with Gasteiger partial charge in [-0.2, -0.15) is 0 Å². The van der Waals surface area contributed by atoms with Crippen LogP contribution in [0.2, 0.25) is 0 Å². The third-order valence-electron chi connectivity index (χ3n) is 5.92. The molecule has 2 aromatic carbocycles. The second-order valence-electron chi connectivity index (χ2n) is 8.98. The van der Waals surface area contributed by atoms with Gasteiger partial charge in [-0.25, -0.2) is 4.98 Å². The second-order valence-corrected chi connectivity index (χ2v) is 8.98. The molecule has 31 heavy (non-hydrogen) atoms. The molecule has 2 amide bonds. The van der Waals surface area contributed by atoms with E-state index in [1.165, 1.54) is 0 Å². The molecule has 2 N–H and O–H groups in total. The van der Waals surface area contributed by atoms with E-state index in [2.05, 4.69) is 43.3 Å². The minimum absolute atomic E-state index is 0.0906. The molecule has 0 bridgehead atoms. The van der Waals surface area contributed by atoms with Crippen molar-refractivity contribution < 1.29 is 9.59 Å². The molecule has 0 saturated carbocycles. The van der Waals surface area contributed by atoms with Gasteiger partial charge in [0.25, 0.3) is 11.8 Å². The molecule has 0 atom stereocenters. The van der Waals surface area contributed by atoms with E-state index in [0.717, 1.165) is 21.9 Å². The van der Waals surface area contributed by atoms with Gasteiger partial charge >= 0.3 is 0 Å². The fourth-order valence-corrected chi connectivity index (χ4v) is 4.46. The number of nitrogens with zero attached hydrogens (tertiary/aromatic N) is 3. The van der Waals surface area contributed by atoms with Crippen molar-refractivity contribution in [1.82, 2.24) is 19.4 Å². The lowest BCUT2D eigenvalue weighted by molar-refractivity contribution is 0.0891. The third-order valence-corrected chi connectivity index (χ3v) is 5.92. The van der Waals surface area contributed by atoms with Crippen LogP contribution in [0.4, 0.5) is 5.95 Å². The van der Waals surface area contributed by atoms with E-state index in [1.54, 1.807) is 6.07 Å². The van der Waals surface area contributed by atoms with Crippen LogP contribution in [0.25, 0.3) is 21.9 Å². The molecule has 1 aliphatic rings. The molecule has 0 saturated heterocycles. The van der Waals surface area contributed by atoms with Crippen LogP contribution in [0.1, 0.15) is 54.6 Å². The number of imidazole rings is 1. The van der Waals surface area contributed by atoms with Gasteiger partial charge in [0.15, 0.2) is 0 Å². The molecule has 1 aliphatic heterocycles. The van der Waals surface area contributed by atoms with Crippen LogP contribution in [0.3, 0.4) is 0 Å². The Morgan fingerprint density at radius 2 is 1.90 bits per heavy atom. The molecule has 7 heteroatoms. The number of hydrogen-bond donors (Lipinski definition) is 2. The number of anilines is 1. The number of nitrogens with one attached hydrogen (secondary N) is 2. The van der Waals surface area contributed by atoms with Crippen molar-refractivity contribution in [1.29, 1.82) is 0 Å². The summed E-state index contributed by atoms with van der Waals surface area (Å²) in [5.41, 5.74) is 3.56. The molecule has 7 nitrogen and oxygen atoms in total. The summed E-state index contributed by atoms with van der Waals surface area (Å²) in [7, 11) is 0. The number of carbonyl (C=O) groups excluding carboxylic acids is 2. The SMILES string of the molecule is CC(C)n1c(NC(=O)c2ccc3cc4n(c3c2)C(C)(C)CNC4=O)nc2ccccc21. The Morgan fingerprint density at radius 3 is 2.68 bits per heavy atom. The highest BCUT2D eigenvalue weighted by molar-refractivity contribution is 6.07. The van der Waals surface area contributed by atoms with Crippen LogP contribution in [0.15, 0.2) is 48.5 Å². The monoisotopic (exact) mass is 415 g/mol. The molecule has 5 rings (SSSR count). The normalized spacial score (nSPS) is 15.3. The average Bonchev–Trinajstić information content (AvgIpc) is 3.29. The molecule has 0 radical (unpaired) electrons. The van der Waals surface area contributed by atoms with E-state index in [0.29, 0.717) is 23.8 Å². The third kappa shape index (κ3) is 3.00. The van der Waals surface area contributed by atoms with Crippen LogP contribution in [0, 0.1) is 0 Å². The summed E-state index contributed by atoms with van der Waals surface area (Å²) in [6, 6.07) is 15.4. The van der Waals surface area contributed by atoms with Gasteiger partial charge in [0.05, 0.1) is 16.6 Å². The summed E-state index contributed by atoms with van der Waals surface area (Å²) in [6.45, 7) is 8.82.